The first-order chi connectivity index (χ1) is 16.3. The smallest absolute Gasteiger partial charge is 0.330 e. The molecule has 1 aliphatic heterocycles. The van der Waals surface area contributed by atoms with Crippen molar-refractivity contribution in [2.45, 2.75) is 45.8 Å². The summed E-state index contributed by atoms with van der Waals surface area (Å²) in [6, 6.07) is 18.7. The number of benzene rings is 3. The largest absolute Gasteiger partial charge is 0.496 e. The molecule has 180 valence electrons. The summed E-state index contributed by atoms with van der Waals surface area (Å²) in [5.41, 5.74) is 1.37. The lowest BCUT2D eigenvalue weighted by atomic mass is 9.87. The van der Waals surface area contributed by atoms with Gasteiger partial charge in [0.1, 0.15) is 11.6 Å². The van der Waals surface area contributed by atoms with Crippen LogP contribution in [-0.2, 0) is 21.0 Å². The number of methoxy groups -OCH3 is 1. The van der Waals surface area contributed by atoms with Crippen LogP contribution in [0.3, 0.4) is 0 Å². The summed E-state index contributed by atoms with van der Waals surface area (Å²) in [6.45, 7) is 6.86. The maximum atomic E-state index is 13.5. The number of hydrogen-bond acceptors (Lipinski definition) is 5. The van der Waals surface area contributed by atoms with E-state index in [4.69, 9.17) is 14.3 Å². The summed E-state index contributed by atoms with van der Waals surface area (Å²) in [7, 11) is 1.67. The Labute approximate surface area is 200 Å². The number of rotatable bonds is 6. The van der Waals surface area contributed by atoms with Gasteiger partial charge in [-0.2, -0.15) is 0 Å². The van der Waals surface area contributed by atoms with Crippen molar-refractivity contribution in [2.75, 3.05) is 20.2 Å². The second kappa shape index (κ2) is 10.1. The molecule has 2 unspecified atom stereocenters. The molecule has 0 spiro atoms. The van der Waals surface area contributed by atoms with Crippen molar-refractivity contribution in [1.29, 1.82) is 0 Å². The van der Waals surface area contributed by atoms with E-state index >= 15 is 0 Å². The average molecular weight is 466 g/mol. The molecule has 0 radical (unpaired) electrons. The molecule has 0 N–H and O–H groups in total. The van der Waals surface area contributed by atoms with Crippen molar-refractivity contribution in [1.82, 2.24) is 5.06 Å². The first-order valence-corrected chi connectivity index (χ1v) is 11.7. The van der Waals surface area contributed by atoms with Gasteiger partial charge in [-0.15, -0.1) is 5.06 Å². The monoisotopic (exact) mass is 465 g/mol. The maximum absolute atomic E-state index is 13.5. The van der Waals surface area contributed by atoms with Gasteiger partial charge in [-0.1, -0.05) is 48.5 Å². The third-order valence-corrected chi connectivity index (χ3v) is 6.26. The van der Waals surface area contributed by atoms with Gasteiger partial charge in [-0.3, -0.25) is 0 Å². The zero-order valence-corrected chi connectivity index (χ0v) is 20.2. The van der Waals surface area contributed by atoms with Crippen LogP contribution in [-0.4, -0.2) is 37.3 Å². The Kier molecular flexibility index (Phi) is 7.19. The number of ether oxygens (including phenoxy) is 2. The molecule has 0 amide bonds. The van der Waals surface area contributed by atoms with Crippen LogP contribution in [0.4, 0.5) is 4.39 Å². The van der Waals surface area contributed by atoms with Crippen LogP contribution in [0.1, 0.15) is 44.2 Å². The van der Waals surface area contributed by atoms with Crippen LogP contribution >= 0.6 is 0 Å². The minimum Gasteiger partial charge on any atom is -0.496 e. The zero-order chi connectivity index (χ0) is 24.3. The number of hydroxylamine groups is 2. The van der Waals surface area contributed by atoms with Crippen molar-refractivity contribution in [3.8, 4) is 5.75 Å². The summed E-state index contributed by atoms with van der Waals surface area (Å²) in [5, 5.41) is 3.83. The van der Waals surface area contributed by atoms with E-state index in [0.29, 0.717) is 19.7 Å². The summed E-state index contributed by atoms with van der Waals surface area (Å²) >= 11 is 0. The fourth-order valence-corrected chi connectivity index (χ4v) is 4.33. The molecule has 5 nitrogen and oxygen atoms in total. The molecule has 1 heterocycles. The fourth-order valence-electron chi connectivity index (χ4n) is 4.33. The van der Waals surface area contributed by atoms with Gasteiger partial charge in [0.2, 0.25) is 0 Å². The lowest BCUT2D eigenvalue weighted by molar-refractivity contribution is -0.216. The Morgan fingerprint density at radius 2 is 1.79 bits per heavy atom. The van der Waals surface area contributed by atoms with Gasteiger partial charge >= 0.3 is 5.97 Å². The molecule has 2 atom stereocenters. The molecule has 6 heteroatoms. The third kappa shape index (κ3) is 5.40. The summed E-state index contributed by atoms with van der Waals surface area (Å²) in [6.07, 6.45) is 0.478. The predicted octanol–water partition coefficient (Wildman–Crippen LogP) is 5.87. The minimum absolute atomic E-state index is 0.0524. The second-order valence-corrected chi connectivity index (χ2v) is 9.79. The quantitative estimate of drug-likeness (QED) is 0.456. The molecule has 0 aromatic heterocycles. The molecule has 1 saturated heterocycles. The van der Waals surface area contributed by atoms with Crippen LogP contribution in [0.2, 0.25) is 0 Å². The first-order valence-electron chi connectivity index (χ1n) is 11.7. The molecule has 0 bridgehead atoms. The van der Waals surface area contributed by atoms with E-state index in [9.17, 15) is 9.18 Å². The van der Waals surface area contributed by atoms with Gasteiger partial charge < -0.3 is 14.3 Å². The van der Waals surface area contributed by atoms with Crippen LogP contribution < -0.4 is 4.74 Å². The second-order valence-electron chi connectivity index (χ2n) is 9.79. The van der Waals surface area contributed by atoms with Crippen LogP contribution in [0.5, 0.6) is 5.75 Å². The van der Waals surface area contributed by atoms with Gasteiger partial charge in [0, 0.05) is 23.4 Å². The Hall–Kier alpha value is -2.96. The van der Waals surface area contributed by atoms with E-state index in [2.05, 4.69) is 12.1 Å². The molecule has 1 fully saturated rings. The van der Waals surface area contributed by atoms with Gasteiger partial charge in [0.05, 0.1) is 31.8 Å². The molecule has 0 aliphatic carbocycles. The Morgan fingerprint density at radius 1 is 1.06 bits per heavy atom. The van der Waals surface area contributed by atoms with Gasteiger partial charge in [0.25, 0.3) is 0 Å². The van der Waals surface area contributed by atoms with Crippen molar-refractivity contribution in [2.24, 2.45) is 5.41 Å². The third-order valence-electron chi connectivity index (χ3n) is 6.26. The molecule has 0 saturated carbocycles. The molecule has 34 heavy (non-hydrogen) atoms. The summed E-state index contributed by atoms with van der Waals surface area (Å²) in [4.78, 5) is 18.1. The van der Waals surface area contributed by atoms with Gasteiger partial charge in [0.15, 0.2) is 0 Å². The standard InChI is InChI=1S/C28H32FNO4/c1-28(2,3)27(31)34-30-16-15-23(20-11-13-22(29)14-12-20)25(17-30)33-18-21-10-9-19-7-5-6-8-24(19)26(21)32-4/h5-14,23,25H,15-18H2,1-4H3. The van der Waals surface area contributed by atoms with Gasteiger partial charge in [-0.05, 0) is 50.3 Å². The van der Waals surface area contributed by atoms with Crippen molar-refractivity contribution < 1.29 is 23.5 Å². The highest BCUT2D eigenvalue weighted by atomic mass is 19.1. The minimum atomic E-state index is -0.595. The Bertz CT molecular complexity index is 1140. The van der Waals surface area contributed by atoms with Crippen molar-refractivity contribution in [3.05, 3.63) is 77.6 Å². The topological polar surface area (TPSA) is 48.0 Å². The predicted molar refractivity (Wildman–Crippen MR) is 130 cm³/mol. The first kappa shape index (κ1) is 24.2. The number of fused-ring (bicyclic) bond motifs is 1. The van der Waals surface area contributed by atoms with Crippen molar-refractivity contribution >= 4 is 16.7 Å². The normalized spacial score (nSPS) is 19.2. The molecule has 3 aromatic carbocycles. The Morgan fingerprint density at radius 3 is 2.50 bits per heavy atom. The highest BCUT2D eigenvalue weighted by molar-refractivity contribution is 5.89. The average Bonchev–Trinajstić information content (AvgIpc) is 2.82. The van der Waals surface area contributed by atoms with E-state index < -0.39 is 5.41 Å². The summed E-state index contributed by atoms with van der Waals surface area (Å²) in [5.74, 6) is 0.307. The molecule has 4 rings (SSSR count). The van der Waals surface area contributed by atoms with Crippen LogP contribution in [0.25, 0.3) is 10.8 Å². The highest BCUT2D eigenvalue weighted by Gasteiger charge is 2.35. The van der Waals surface area contributed by atoms with Crippen molar-refractivity contribution in [3.63, 3.8) is 0 Å². The highest BCUT2D eigenvalue weighted by Crippen LogP contribution is 2.34. The number of hydrogen-bond donors (Lipinski definition) is 0. The lowest BCUT2D eigenvalue weighted by Crippen LogP contribution is -2.46. The number of halogens is 1. The van der Waals surface area contributed by atoms with E-state index in [0.717, 1.165) is 34.1 Å². The number of piperidine rings is 1. The summed E-state index contributed by atoms with van der Waals surface area (Å²) < 4.78 is 25.7. The number of nitrogens with zero attached hydrogens (tertiary/aromatic N) is 1. The van der Waals surface area contributed by atoms with E-state index in [-0.39, 0.29) is 23.8 Å². The van der Waals surface area contributed by atoms with Crippen LogP contribution in [0.15, 0.2) is 60.7 Å². The molecular formula is C28H32FNO4. The zero-order valence-electron chi connectivity index (χ0n) is 20.2. The maximum Gasteiger partial charge on any atom is 0.330 e. The van der Waals surface area contributed by atoms with Crippen LogP contribution in [0, 0.1) is 11.2 Å². The molecule has 3 aromatic rings. The SMILES string of the molecule is COc1c(COC2CN(OC(=O)C(C)(C)C)CCC2c2ccc(F)cc2)ccc2ccccc12. The Balaban J connectivity index is 1.56. The fraction of sp³-hybridized carbons (Fsp3) is 0.393. The van der Waals surface area contributed by atoms with Gasteiger partial charge in [-0.25, -0.2) is 9.18 Å². The molecular weight excluding hydrogens is 433 g/mol. The lowest BCUT2D eigenvalue weighted by Gasteiger charge is -2.38. The molecule has 1 aliphatic rings. The number of carbonyl (C=O) groups is 1. The number of carbonyl (C=O) groups excluding carboxylic acids is 1. The van der Waals surface area contributed by atoms with E-state index in [1.165, 1.54) is 12.1 Å². The van der Waals surface area contributed by atoms with E-state index in [1.807, 2.05) is 57.2 Å². The van der Waals surface area contributed by atoms with E-state index in [1.54, 1.807) is 12.2 Å².